The van der Waals surface area contributed by atoms with Crippen molar-refractivity contribution in [3.8, 4) is 0 Å². The van der Waals surface area contributed by atoms with Crippen LogP contribution in [0.15, 0.2) is 29.1 Å². The molecule has 1 aromatic carbocycles. The second-order valence-electron chi connectivity index (χ2n) is 4.11. The molecule has 0 saturated heterocycles. The number of nitrogens with zero attached hydrogens (tertiary/aromatic N) is 1. The van der Waals surface area contributed by atoms with E-state index in [0.717, 1.165) is 12.1 Å². The van der Waals surface area contributed by atoms with Gasteiger partial charge in [-0.05, 0) is 17.7 Å². The van der Waals surface area contributed by atoms with Gasteiger partial charge in [0, 0.05) is 18.7 Å². The third-order valence-electron chi connectivity index (χ3n) is 2.41. The topological polar surface area (TPSA) is 57.8 Å². The third kappa shape index (κ3) is 4.01. The fourth-order valence-corrected chi connectivity index (χ4v) is 1.59. The molecule has 0 spiro atoms. The van der Waals surface area contributed by atoms with Crippen molar-refractivity contribution in [2.75, 3.05) is 5.32 Å². The molecule has 2 N–H and O–H groups in total. The predicted octanol–water partition coefficient (Wildman–Crippen LogP) is 2.68. The summed E-state index contributed by atoms with van der Waals surface area (Å²) >= 11 is 0. The van der Waals surface area contributed by atoms with Gasteiger partial charge in [-0.2, -0.15) is 13.2 Å². The lowest BCUT2D eigenvalue weighted by Crippen LogP contribution is -2.18. The monoisotopic (exact) mass is 305 g/mol. The van der Waals surface area contributed by atoms with E-state index < -0.39 is 35.0 Å². The normalized spacial score (nSPS) is 11.5. The van der Waals surface area contributed by atoms with E-state index in [4.69, 9.17) is 0 Å². The Morgan fingerprint density at radius 2 is 1.71 bits per heavy atom. The zero-order valence-corrected chi connectivity index (χ0v) is 10.3. The Morgan fingerprint density at radius 3 is 2.29 bits per heavy atom. The average molecular weight is 305 g/mol. The van der Waals surface area contributed by atoms with Crippen LogP contribution in [-0.4, -0.2) is 9.97 Å². The molecule has 9 heteroatoms. The zero-order chi connectivity index (χ0) is 15.6. The summed E-state index contributed by atoms with van der Waals surface area (Å²) in [5.41, 5.74) is -2.21. The van der Waals surface area contributed by atoms with Crippen molar-refractivity contribution < 1.29 is 22.0 Å². The molecular formula is C12H8F5N3O. The van der Waals surface area contributed by atoms with Gasteiger partial charge in [0.25, 0.3) is 5.56 Å². The summed E-state index contributed by atoms with van der Waals surface area (Å²) in [6.45, 7) is -0.209. The summed E-state index contributed by atoms with van der Waals surface area (Å²) < 4.78 is 63.3. The molecule has 1 aromatic heterocycles. The number of hydrogen-bond donors (Lipinski definition) is 2. The number of nitrogens with one attached hydrogen (secondary N) is 2. The maximum atomic E-state index is 12.9. The minimum absolute atomic E-state index is 0.146. The maximum Gasteiger partial charge on any atom is 0.433 e. The minimum atomic E-state index is -4.77. The van der Waals surface area contributed by atoms with Crippen LogP contribution >= 0.6 is 0 Å². The number of aromatic nitrogens is 2. The van der Waals surface area contributed by atoms with E-state index in [-0.39, 0.29) is 12.1 Å². The molecule has 0 bridgehead atoms. The van der Waals surface area contributed by atoms with Gasteiger partial charge >= 0.3 is 6.18 Å². The molecule has 2 aromatic rings. The first-order chi connectivity index (χ1) is 9.74. The Morgan fingerprint density at radius 1 is 1.10 bits per heavy atom. The Balaban J connectivity index is 2.20. The first kappa shape index (κ1) is 14.9. The summed E-state index contributed by atoms with van der Waals surface area (Å²) in [4.78, 5) is 16.4. The standard InChI is InChI=1S/C12H8F5N3O/c13-7-1-6(2-8(14)3-7)5-18-11-19-9(12(15,16)17)4-10(21)20-11/h1-4H,5H2,(H2,18,19,20,21). The molecule has 0 unspecified atom stereocenters. The number of anilines is 1. The molecular weight excluding hydrogens is 297 g/mol. The molecule has 112 valence electrons. The fourth-order valence-electron chi connectivity index (χ4n) is 1.59. The summed E-state index contributed by atoms with van der Waals surface area (Å²) in [5, 5.41) is 2.37. The zero-order valence-electron chi connectivity index (χ0n) is 10.3. The third-order valence-corrected chi connectivity index (χ3v) is 2.41. The number of alkyl halides is 3. The first-order valence-electron chi connectivity index (χ1n) is 5.61. The Labute approximate surface area is 114 Å². The molecule has 0 aliphatic heterocycles. The highest BCUT2D eigenvalue weighted by Crippen LogP contribution is 2.26. The molecule has 21 heavy (non-hydrogen) atoms. The van der Waals surface area contributed by atoms with E-state index in [1.165, 1.54) is 0 Å². The molecule has 0 aliphatic rings. The van der Waals surface area contributed by atoms with E-state index in [2.05, 4.69) is 15.3 Å². The van der Waals surface area contributed by atoms with Crippen LogP contribution in [0, 0.1) is 11.6 Å². The van der Waals surface area contributed by atoms with E-state index in [0.29, 0.717) is 12.1 Å². The van der Waals surface area contributed by atoms with Crippen LogP contribution in [-0.2, 0) is 12.7 Å². The Bertz CT molecular complexity index is 691. The quantitative estimate of drug-likeness (QED) is 0.857. The number of halogens is 5. The summed E-state index contributed by atoms with van der Waals surface area (Å²) in [5.74, 6) is -2.09. The van der Waals surface area contributed by atoms with Crippen LogP contribution in [0.1, 0.15) is 11.3 Å². The number of H-pyrrole nitrogens is 1. The molecule has 4 nitrogen and oxygen atoms in total. The van der Waals surface area contributed by atoms with Crippen molar-refractivity contribution >= 4 is 5.95 Å². The SMILES string of the molecule is O=c1cc(C(F)(F)F)nc(NCc2cc(F)cc(F)c2)[nH]1. The number of aromatic amines is 1. The fraction of sp³-hybridized carbons (Fsp3) is 0.167. The predicted molar refractivity (Wildman–Crippen MR) is 63.5 cm³/mol. The molecule has 0 saturated carbocycles. The van der Waals surface area contributed by atoms with Crippen molar-refractivity contribution in [2.45, 2.75) is 12.7 Å². The van der Waals surface area contributed by atoms with Crippen molar-refractivity contribution in [3.05, 3.63) is 57.5 Å². The first-order valence-corrected chi connectivity index (χ1v) is 5.61. The van der Waals surface area contributed by atoms with Crippen LogP contribution in [0.25, 0.3) is 0 Å². The molecule has 0 aliphatic carbocycles. The van der Waals surface area contributed by atoms with Crippen LogP contribution in [0.4, 0.5) is 27.9 Å². The summed E-state index contributed by atoms with van der Waals surface area (Å²) in [7, 11) is 0. The minimum Gasteiger partial charge on any atom is -0.352 e. The van der Waals surface area contributed by atoms with Gasteiger partial charge in [0.1, 0.15) is 11.6 Å². The maximum absolute atomic E-state index is 12.9. The molecule has 2 rings (SSSR count). The van der Waals surface area contributed by atoms with Gasteiger partial charge in [-0.3, -0.25) is 9.78 Å². The largest absolute Gasteiger partial charge is 0.433 e. The van der Waals surface area contributed by atoms with Gasteiger partial charge in [-0.1, -0.05) is 0 Å². The highest BCUT2D eigenvalue weighted by molar-refractivity contribution is 5.29. The van der Waals surface area contributed by atoms with Crippen LogP contribution < -0.4 is 10.9 Å². The second kappa shape index (κ2) is 5.51. The van der Waals surface area contributed by atoms with Gasteiger partial charge in [-0.15, -0.1) is 0 Å². The summed E-state index contributed by atoms with van der Waals surface area (Å²) in [6.07, 6.45) is -4.77. The Hall–Kier alpha value is -2.45. The van der Waals surface area contributed by atoms with Crippen LogP contribution in [0.3, 0.4) is 0 Å². The van der Waals surface area contributed by atoms with Crippen molar-refractivity contribution in [2.24, 2.45) is 0 Å². The van der Waals surface area contributed by atoms with Gasteiger partial charge < -0.3 is 5.32 Å². The van der Waals surface area contributed by atoms with Gasteiger partial charge in [0.2, 0.25) is 5.95 Å². The number of hydrogen-bond acceptors (Lipinski definition) is 3. The highest BCUT2D eigenvalue weighted by atomic mass is 19.4. The Kier molecular flexibility index (Phi) is 3.92. The molecule has 0 radical (unpaired) electrons. The van der Waals surface area contributed by atoms with E-state index in [1.807, 2.05) is 0 Å². The van der Waals surface area contributed by atoms with Gasteiger partial charge in [0.05, 0.1) is 0 Å². The summed E-state index contributed by atoms with van der Waals surface area (Å²) in [6, 6.07) is 2.98. The second-order valence-corrected chi connectivity index (χ2v) is 4.11. The lowest BCUT2D eigenvalue weighted by atomic mass is 10.2. The van der Waals surface area contributed by atoms with Crippen molar-refractivity contribution in [1.82, 2.24) is 9.97 Å². The lowest BCUT2D eigenvalue weighted by Gasteiger charge is -2.09. The number of rotatable bonds is 3. The molecule has 1 heterocycles. The van der Waals surface area contributed by atoms with E-state index >= 15 is 0 Å². The average Bonchev–Trinajstić information content (AvgIpc) is 2.33. The van der Waals surface area contributed by atoms with E-state index in [9.17, 15) is 26.7 Å². The van der Waals surface area contributed by atoms with E-state index in [1.54, 1.807) is 0 Å². The van der Waals surface area contributed by atoms with Crippen LogP contribution in [0.5, 0.6) is 0 Å². The highest BCUT2D eigenvalue weighted by Gasteiger charge is 2.33. The smallest absolute Gasteiger partial charge is 0.352 e. The van der Waals surface area contributed by atoms with Gasteiger partial charge in [0.15, 0.2) is 5.69 Å². The molecule has 0 amide bonds. The lowest BCUT2D eigenvalue weighted by molar-refractivity contribution is -0.141. The molecule has 0 fully saturated rings. The van der Waals surface area contributed by atoms with Crippen molar-refractivity contribution in [1.29, 1.82) is 0 Å². The van der Waals surface area contributed by atoms with Crippen LogP contribution in [0.2, 0.25) is 0 Å². The molecule has 0 atom stereocenters. The van der Waals surface area contributed by atoms with Gasteiger partial charge in [-0.25, -0.2) is 13.8 Å². The number of benzene rings is 1. The van der Waals surface area contributed by atoms with Crippen molar-refractivity contribution in [3.63, 3.8) is 0 Å².